The van der Waals surface area contributed by atoms with Gasteiger partial charge in [0.2, 0.25) is 5.95 Å². The Bertz CT molecular complexity index is 991. The predicted molar refractivity (Wildman–Crippen MR) is 98.8 cm³/mol. The highest BCUT2D eigenvalue weighted by Gasteiger charge is 2.11. The molecular weight excluding hydrogens is 350 g/mol. The van der Waals surface area contributed by atoms with Gasteiger partial charge in [-0.3, -0.25) is 4.79 Å². The Labute approximate surface area is 155 Å². The monoisotopic (exact) mass is 368 g/mol. The van der Waals surface area contributed by atoms with Crippen LogP contribution in [0.25, 0.3) is 0 Å². The summed E-state index contributed by atoms with van der Waals surface area (Å²) < 4.78 is 26.4. The second kappa shape index (κ2) is 7.90. The zero-order valence-electron chi connectivity index (χ0n) is 14.9. The molecule has 0 aliphatic carbocycles. The molecule has 5 nitrogen and oxygen atoms in total. The molecule has 0 aliphatic heterocycles. The third kappa shape index (κ3) is 4.84. The van der Waals surface area contributed by atoms with Gasteiger partial charge >= 0.3 is 0 Å². The van der Waals surface area contributed by atoms with Crippen LogP contribution in [0.5, 0.6) is 0 Å². The molecule has 3 aromatic rings. The Morgan fingerprint density at radius 3 is 2.56 bits per heavy atom. The summed E-state index contributed by atoms with van der Waals surface area (Å²) in [5, 5.41) is 5.59. The van der Waals surface area contributed by atoms with Gasteiger partial charge in [-0.15, -0.1) is 0 Å². The molecule has 7 heteroatoms. The van der Waals surface area contributed by atoms with Crippen LogP contribution in [0.2, 0.25) is 0 Å². The average Bonchev–Trinajstić information content (AvgIpc) is 2.62. The smallest absolute Gasteiger partial charge is 0.270 e. The Morgan fingerprint density at radius 2 is 1.81 bits per heavy atom. The molecule has 2 N–H and O–H groups in total. The van der Waals surface area contributed by atoms with Crippen LogP contribution < -0.4 is 10.6 Å². The highest BCUT2D eigenvalue weighted by Crippen LogP contribution is 2.17. The van der Waals surface area contributed by atoms with Crippen LogP contribution in [0.1, 0.15) is 27.3 Å². The molecule has 0 fully saturated rings. The van der Waals surface area contributed by atoms with Gasteiger partial charge in [0.15, 0.2) is 11.6 Å². The van der Waals surface area contributed by atoms with Gasteiger partial charge in [-0.25, -0.2) is 18.7 Å². The Balaban J connectivity index is 1.73. The number of benzene rings is 2. The first kappa shape index (κ1) is 18.4. The van der Waals surface area contributed by atoms with Crippen LogP contribution >= 0.6 is 0 Å². The zero-order chi connectivity index (χ0) is 19.4. The van der Waals surface area contributed by atoms with Crippen molar-refractivity contribution in [1.29, 1.82) is 0 Å². The highest BCUT2D eigenvalue weighted by atomic mass is 19.2. The lowest BCUT2D eigenvalue weighted by atomic mass is 10.1. The molecule has 0 atom stereocenters. The molecule has 0 spiro atoms. The lowest BCUT2D eigenvalue weighted by Gasteiger charge is -2.09. The maximum absolute atomic E-state index is 13.3. The molecule has 1 heterocycles. The fourth-order valence-electron chi connectivity index (χ4n) is 2.54. The molecule has 2 aromatic carbocycles. The molecular formula is C20H18F2N4O. The lowest BCUT2D eigenvalue weighted by Crippen LogP contribution is -2.24. The first-order valence-electron chi connectivity index (χ1n) is 8.32. The van der Waals surface area contributed by atoms with Crippen LogP contribution in [0.3, 0.4) is 0 Å². The quantitative estimate of drug-likeness (QED) is 0.713. The number of nitrogens with zero attached hydrogens (tertiary/aromatic N) is 2. The van der Waals surface area contributed by atoms with Gasteiger partial charge in [0.25, 0.3) is 5.91 Å². The van der Waals surface area contributed by atoms with Crippen molar-refractivity contribution < 1.29 is 13.6 Å². The van der Waals surface area contributed by atoms with E-state index >= 15 is 0 Å². The van der Waals surface area contributed by atoms with Gasteiger partial charge in [-0.05, 0) is 37.6 Å². The van der Waals surface area contributed by atoms with Crippen molar-refractivity contribution in [3.8, 4) is 0 Å². The third-order valence-electron chi connectivity index (χ3n) is 3.80. The molecule has 1 amide bonds. The van der Waals surface area contributed by atoms with E-state index in [4.69, 9.17) is 0 Å². The van der Waals surface area contributed by atoms with E-state index < -0.39 is 11.6 Å². The van der Waals surface area contributed by atoms with E-state index in [1.165, 1.54) is 6.07 Å². The lowest BCUT2D eigenvalue weighted by molar-refractivity contribution is 0.0945. The Hall–Kier alpha value is -3.35. The van der Waals surface area contributed by atoms with Crippen LogP contribution in [0, 0.1) is 25.5 Å². The maximum atomic E-state index is 13.3. The van der Waals surface area contributed by atoms with E-state index in [0.29, 0.717) is 12.2 Å². The largest absolute Gasteiger partial charge is 0.347 e. The summed E-state index contributed by atoms with van der Waals surface area (Å²) in [6, 6.07) is 12.7. The topological polar surface area (TPSA) is 66.9 Å². The van der Waals surface area contributed by atoms with E-state index in [0.717, 1.165) is 23.3 Å². The molecule has 0 saturated heterocycles. The van der Waals surface area contributed by atoms with Gasteiger partial charge in [0.05, 0.1) is 0 Å². The van der Waals surface area contributed by atoms with E-state index in [-0.39, 0.29) is 23.2 Å². The first-order valence-corrected chi connectivity index (χ1v) is 8.32. The van der Waals surface area contributed by atoms with Crippen molar-refractivity contribution in [3.63, 3.8) is 0 Å². The fraction of sp³-hybridized carbons (Fsp3) is 0.150. The number of hydrogen-bond acceptors (Lipinski definition) is 4. The van der Waals surface area contributed by atoms with Crippen molar-refractivity contribution >= 4 is 17.5 Å². The second-order valence-electron chi connectivity index (χ2n) is 6.14. The van der Waals surface area contributed by atoms with E-state index in [9.17, 15) is 13.6 Å². The van der Waals surface area contributed by atoms with Crippen molar-refractivity contribution in [1.82, 2.24) is 15.3 Å². The number of amides is 1. The van der Waals surface area contributed by atoms with Crippen LogP contribution in [0.4, 0.5) is 20.4 Å². The summed E-state index contributed by atoms with van der Waals surface area (Å²) >= 11 is 0. The normalized spacial score (nSPS) is 10.5. The average molecular weight is 368 g/mol. The SMILES string of the molecule is Cc1cccc(CNC(=O)c2cc(C)nc(Nc3ccc(F)c(F)c3)n2)c1. The molecule has 1 aromatic heterocycles. The maximum Gasteiger partial charge on any atom is 0.270 e. The summed E-state index contributed by atoms with van der Waals surface area (Å²) in [7, 11) is 0. The standard InChI is InChI=1S/C20H18F2N4O/c1-12-4-3-5-14(8-12)11-23-19(27)18-9-13(2)24-20(26-18)25-15-6-7-16(21)17(22)10-15/h3-10H,11H2,1-2H3,(H,23,27)(H,24,25,26). The number of carbonyl (C=O) groups excluding carboxylic acids is 1. The number of aromatic nitrogens is 2. The number of rotatable bonds is 5. The number of hydrogen-bond donors (Lipinski definition) is 2. The molecule has 0 aliphatic rings. The number of carbonyl (C=O) groups is 1. The van der Waals surface area contributed by atoms with Crippen molar-refractivity contribution in [2.45, 2.75) is 20.4 Å². The van der Waals surface area contributed by atoms with Gasteiger partial charge in [0.1, 0.15) is 5.69 Å². The molecule has 0 saturated carbocycles. The van der Waals surface area contributed by atoms with Crippen LogP contribution in [-0.4, -0.2) is 15.9 Å². The molecule has 27 heavy (non-hydrogen) atoms. The molecule has 3 rings (SSSR count). The van der Waals surface area contributed by atoms with Crippen molar-refractivity contribution in [2.24, 2.45) is 0 Å². The minimum atomic E-state index is -0.983. The van der Waals surface area contributed by atoms with Gasteiger partial charge in [-0.2, -0.15) is 0 Å². The third-order valence-corrected chi connectivity index (χ3v) is 3.80. The number of anilines is 2. The summed E-state index contributed by atoms with van der Waals surface area (Å²) in [5.74, 6) is -2.15. The zero-order valence-corrected chi connectivity index (χ0v) is 14.9. The molecule has 0 radical (unpaired) electrons. The second-order valence-corrected chi connectivity index (χ2v) is 6.14. The van der Waals surface area contributed by atoms with Crippen molar-refractivity contribution in [3.05, 3.63) is 82.7 Å². The molecule has 0 unspecified atom stereocenters. The number of halogens is 2. The van der Waals surface area contributed by atoms with Crippen LogP contribution in [-0.2, 0) is 6.54 Å². The Kier molecular flexibility index (Phi) is 5.40. The summed E-state index contributed by atoms with van der Waals surface area (Å²) in [6.07, 6.45) is 0. The summed E-state index contributed by atoms with van der Waals surface area (Å²) in [4.78, 5) is 20.8. The van der Waals surface area contributed by atoms with E-state index in [1.54, 1.807) is 13.0 Å². The fourth-order valence-corrected chi connectivity index (χ4v) is 2.54. The highest BCUT2D eigenvalue weighted by molar-refractivity contribution is 5.92. The van der Waals surface area contributed by atoms with Gasteiger partial charge < -0.3 is 10.6 Å². The van der Waals surface area contributed by atoms with Gasteiger partial charge in [0, 0.05) is 24.0 Å². The molecule has 0 bridgehead atoms. The Morgan fingerprint density at radius 1 is 1.00 bits per heavy atom. The summed E-state index contributed by atoms with van der Waals surface area (Å²) in [6.45, 7) is 4.07. The van der Waals surface area contributed by atoms with Gasteiger partial charge in [-0.1, -0.05) is 29.8 Å². The number of aryl methyl sites for hydroxylation is 2. The first-order chi connectivity index (χ1) is 12.9. The minimum absolute atomic E-state index is 0.127. The predicted octanol–water partition coefficient (Wildman–Crippen LogP) is 4.05. The van der Waals surface area contributed by atoms with E-state index in [2.05, 4.69) is 20.6 Å². The van der Waals surface area contributed by atoms with Crippen molar-refractivity contribution in [2.75, 3.05) is 5.32 Å². The van der Waals surface area contributed by atoms with Crippen LogP contribution in [0.15, 0.2) is 48.5 Å². The van der Waals surface area contributed by atoms with E-state index in [1.807, 2.05) is 31.2 Å². The number of nitrogens with one attached hydrogen (secondary N) is 2. The summed E-state index contributed by atoms with van der Waals surface area (Å²) in [5.41, 5.74) is 3.12. The minimum Gasteiger partial charge on any atom is -0.347 e. The molecule has 138 valence electrons.